The molecule has 1 saturated carbocycles. The smallest absolute Gasteiger partial charge is 0.108 e. The Morgan fingerprint density at radius 2 is 1.79 bits per heavy atom. The van der Waals surface area contributed by atoms with Gasteiger partial charge in [0.15, 0.2) is 0 Å². The van der Waals surface area contributed by atoms with Gasteiger partial charge >= 0.3 is 0 Å². The van der Waals surface area contributed by atoms with Crippen LogP contribution in [0.3, 0.4) is 0 Å². The van der Waals surface area contributed by atoms with Gasteiger partial charge in [0, 0.05) is 7.11 Å². The predicted octanol–water partition coefficient (Wildman–Crippen LogP) is 4.01. The van der Waals surface area contributed by atoms with Crippen LogP contribution in [0.25, 0.3) is 0 Å². The molecule has 0 bridgehead atoms. The Balaban J connectivity index is 2.22. The Labute approximate surface area is 116 Å². The molecule has 1 aromatic carbocycles. The van der Waals surface area contributed by atoms with Crippen molar-refractivity contribution in [2.24, 2.45) is 5.41 Å². The molecule has 2 heteroatoms. The fraction of sp³-hybridized carbons (Fsp3) is 0.647. The zero-order valence-electron chi connectivity index (χ0n) is 12.6. The molecule has 1 aromatic rings. The van der Waals surface area contributed by atoms with Gasteiger partial charge in [-0.1, -0.05) is 43.7 Å². The van der Waals surface area contributed by atoms with Crippen LogP contribution in [-0.2, 0) is 4.74 Å². The van der Waals surface area contributed by atoms with Crippen molar-refractivity contribution in [2.45, 2.75) is 58.2 Å². The highest BCUT2D eigenvalue weighted by molar-refractivity contribution is 5.26. The molecule has 1 aliphatic carbocycles. The van der Waals surface area contributed by atoms with Gasteiger partial charge in [0.2, 0.25) is 0 Å². The Bertz CT molecular complexity index is 427. The van der Waals surface area contributed by atoms with Crippen LogP contribution in [0.15, 0.2) is 24.3 Å². The first-order chi connectivity index (χ1) is 8.88. The lowest BCUT2D eigenvalue weighted by Crippen LogP contribution is -2.43. The highest BCUT2D eigenvalue weighted by Gasteiger charge is 2.44. The van der Waals surface area contributed by atoms with Crippen LogP contribution < -0.4 is 0 Å². The second kappa shape index (κ2) is 5.26. The summed E-state index contributed by atoms with van der Waals surface area (Å²) in [5, 5.41) is 10.8. The van der Waals surface area contributed by atoms with Crippen molar-refractivity contribution < 1.29 is 9.84 Å². The quantitative estimate of drug-likeness (QED) is 0.891. The van der Waals surface area contributed by atoms with Gasteiger partial charge in [0.1, 0.15) is 6.10 Å². The maximum absolute atomic E-state index is 10.8. The Morgan fingerprint density at radius 3 is 2.32 bits per heavy atom. The summed E-state index contributed by atoms with van der Waals surface area (Å²) < 4.78 is 5.78. The monoisotopic (exact) mass is 262 g/mol. The van der Waals surface area contributed by atoms with E-state index in [9.17, 15) is 5.11 Å². The topological polar surface area (TPSA) is 29.5 Å². The molecule has 2 nitrogen and oxygen atoms in total. The van der Waals surface area contributed by atoms with Crippen LogP contribution >= 0.6 is 0 Å². The summed E-state index contributed by atoms with van der Waals surface area (Å²) in [6.07, 6.45) is 3.51. The lowest BCUT2D eigenvalue weighted by molar-refractivity contribution is -0.138. The zero-order chi connectivity index (χ0) is 14.1. The second-order valence-corrected chi connectivity index (χ2v) is 6.75. The molecule has 106 valence electrons. The third-order valence-corrected chi connectivity index (χ3v) is 4.71. The van der Waals surface area contributed by atoms with Gasteiger partial charge in [0.25, 0.3) is 0 Å². The number of ether oxygens (including phenoxy) is 1. The minimum Gasteiger partial charge on any atom is -0.385 e. The number of rotatable bonds is 3. The van der Waals surface area contributed by atoms with Crippen molar-refractivity contribution in [2.75, 3.05) is 7.11 Å². The van der Waals surface area contributed by atoms with Crippen molar-refractivity contribution in [3.05, 3.63) is 35.4 Å². The predicted molar refractivity (Wildman–Crippen MR) is 78.1 cm³/mol. The summed E-state index contributed by atoms with van der Waals surface area (Å²) >= 11 is 0. The number of hydrogen-bond donors (Lipinski definition) is 1. The van der Waals surface area contributed by atoms with Gasteiger partial charge in [-0.3, -0.25) is 0 Å². The highest BCUT2D eigenvalue weighted by atomic mass is 16.5. The summed E-state index contributed by atoms with van der Waals surface area (Å²) in [6, 6.07) is 8.12. The minimum atomic E-state index is -0.534. The van der Waals surface area contributed by atoms with Crippen LogP contribution in [-0.4, -0.2) is 17.8 Å². The second-order valence-electron chi connectivity index (χ2n) is 6.75. The Hall–Kier alpha value is -0.860. The van der Waals surface area contributed by atoms with Crippen molar-refractivity contribution in [3.8, 4) is 0 Å². The third kappa shape index (κ3) is 3.01. The summed E-state index contributed by atoms with van der Waals surface area (Å²) in [5.41, 5.74) is 2.11. The SMILES string of the molecule is COC1(C(O)c2cccc(C)c2)CCC(C)(C)CC1. The van der Waals surface area contributed by atoms with Crippen LogP contribution in [0, 0.1) is 12.3 Å². The van der Waals surface area contributed by atoms with Gasteiger partial charge in [-0.15, -0.1) is 0 Å². The van der Waals surface area contributed by atoms with E-state index in [4.69, 9.17) is 4.74 Å². The van der Waals surface area contributed by atoms with E-state index in [1.165, 1.54) is 5.56 Å². The molecule has 0 aromatic heterocycles. The minimum absolute atomic E-state index is 0.369. The number of aliphatic hydroxyl groups excluding tert-OH is 1. The molecule has 1 aliphatic rings. The van der Waals surface area contributed by atoms with Crippen LogP contribution in [0.4, 0.5) is 0 Å². The van der Waals surface area contributed by atoms with E-state index in [2.05, 4.69) is 32.9 Å². The van der Waals surface area contributed by atoms with E-state index in [0.717, 1.165) is 31.2 Å². The standard InChI is InChI=1S/C17H26O2/c1-13-6-5-7-14(12-13)15(18)17(19-4)10-8-16(2,3)9-11-17/h5-7,12,15,18H,8-11H2,1-4H3. The molecule has 0 heterocycles. The van der Waals surface area contributed by atoms with Crippen LogP contribution in [0.1, 0.15) is 56.8 Å². The molecule has 19 heavy (non-hydrogen) atoms. The van der Waals surface area contributed by atoms with Crippen molar-refractivity contribution in [3.63, 3.8) is 0 Å². The molecule has 1 N–H and O–H groups in total. The fourth-order valence-corrected chi connectivity index (χ4v) is 3.08. The van der Waals surface area contributed by atoms with Crippen LogP contribution in [0.2, 0.25) is 0 Å². The average molecular weight is 262 g/mol. The molecule has 1 unspecified atom stereocenters. The number of hydrogen-bond acceptors (Lipinski definition) is 2. The summed E-state index contributed by atoms with van der Waals surface area (Å²) in [5.74, 6) is 0. The van der Waals surface area contributed by atoms with Gasteiger partial charge in [0.05, 0.1) is 5.60 Å². The molecule has 1 atom stereocenters. The average Bonchev–Trinajstić information content (AvgIpc) is 2.39. The Morgan fingerprint density at radius 1 is 1.16 bits per heavy atom. The molecule has 0 saturated heterocycles. The van der Waals surface area contributed by atoms with Gasteiger partial charge in [-0.05, 0) is 43.6 Å². The molecule has 0 spiro atoms. The molecular formula is C17H26O2. The van der Waals surface area contributed by atoms with E-state index in [-0.39, 0.29) is 0 Å². The number of methoxy groups -OCH3 is 1. The van der Waals surface area contributed by atoms with E-state index in [0.29, 0.717) is 5.41 Å². The van der Waals surface area contributed by atoms with E-state index in [1.54, 1.807) is 7.11 Å². The summed E-state index contributed by atoms with van der Waals surface area (Å²) in [7, 11) is 1.73. The Kier molecular flexibility index (Phi) is 4.03. The van der Waals surface area contributed by atoms with E-state index >= 15 is 0 Å². The fourth-order valence-electron chi connectivity index (χ4n) is 3.08. The van der Waals surface area contributed by atoms with Crippen LogP contribution in [0.5, 0.6) is 0 Å². The molecule has 0 amide bonds. The molecule has 0 aliphatic heterocycles. The maximum Gasteiger partial charge on any atom is 0.108 e. The number of aryl methyl sites for hydroxylation is 1. The highest BCUT2D eigenvalue weighted by Crippen LogP contribution is 2.47. The number of aliphatic hydroxyl groups is 1. The first-order valence-corrected chi connectivity index (χ1v) is 7.18. The van der Waals surface area contributed by atoms with Crippen molar-refractivity contribution in [1.82, 2.24) is 0 Å². The lowest BCUT2D eigenvalue weighted by Gasteiger charge is -2.45. The van der Waals surface area contributed by atoms with Crippen molar-refractivity contribution in [1.29, 1.82) is 0 Å². The normalized spacial score (nSPS) is 23.0. The van der Waals surface area contributed by atoms with E-state index in [1.807, 2.05) is 12.1 Å². The first kappa shape index (κ1) is 14.5. The maximum atomic E-state index is 10.8. The molecule has 2 rings (SSSR count). The van der Waals surface area contributed by atoms with E-state index < -0.39 is 11.7 Å². The summed E-state index contributed by atoms with van der Waals surface area (Å²) in [4.78, 5) is 0. The van der Waals surface area contributed by atoms with Gasteiger partial charge < -0.3 is 9.84 Å². The van der Waals surface area contributed by atoms with Crippen molar-refractivity contribution >= 4 is 0 Å². The summed E-state index contributed by atoms with van der Waals surface area (Å²) in [6.45, 7) is 6.65. The zero-order valence-corrected chi connectivity index (χ0v) is 12.6. The van der Waals surface area contributed by atoms with Gasteiger partial charge in [-0.25, -0.2) is 0 Å². The van der Waals surface area contributed by atoms with Gasteiger partial charge in [-0.2, -0.15) is 0 Å². The number of benzene rings is 1. The third-order valence-electron chi connectivity index (χ3n) is 4.71. The lowest BCUT2D eigenvalue weighted by atomic mass is 9.68. The molecular weight excluding hydrogens is 236 g/mol. The first-order valence-electron chi connectivity index (χ1n) is 7.18. The largest absolute Gasteiger partial charge is 0.385 e. The molecule has 1 fully saturated rings. The molecule has 0 radical (unpaired) electrons.